The summed E-state index contributed by atoms with van der Waals surface area (Å²) in [6, 6.07) is 9.12. The molecule has 0 aliphatic carbocycles. The van der Waals surface area contributed by atoms with E-state index in [9.17, 15) is 4.79 Å². The summed E-state index contributed by atoms with van der Waals surface area (Å²) in [5.74, 6) is 2.44. The van der Waals surface area contributed by atoms with Gasteiger partial charge >= 0.3 is 0 Å². The van der Waals surface area contributed by atoms with Crippen LogP contribution in [0.1, 0.15) is 12.2 Å². The molecule has 23 heavy (non-hydrogen) atoms. The van der Waals surface area contributed by atoms with Crippen LogP contribution >= 0.6 is 0 Å². The van der Waals surface area contributed by atoms with Crippen LogP contribution in [0.25, 0.3) is 0 Å². The summed E-state index contributed by atoms with van der Waals surface area (Å²) in [6.07, 6.45) is 0.403. The number of aryl methyl sites for hydroxylation is 1. The third-order valence-corrected chi connectivity index (χ3v) is 3.70. The predicted molar refractivity (Wildman–Crippen MR) is 88.6 cm³/mol. The highest BCUT2D eigenvalue weighted by Crippen LogP contribution is 2.26. The lowest BCUT2D eigenvalue weighted by atomic mass is 10.2. The minimum absolute atomic E-state index is 0.0256. The molecule has 2 heterocycles. The fraction of sp³-hybridized carbons (Fsp3) is 0.312. The van der Waals surface area contributed by atoms with Gasteiger partial charge in [0.2, 0.25) is 5.91 Å². The monoisotopic (exact) mass is 313 g/mol. The van der Waals surface area contributed by atoms with E-state index >= 15 is 0 Å². The van der Waals surface area contributed by atoms with Crippen molar-refractivity contribution in [1.82, 2.24) is 9.97 Å². The van der Waals surface area contributed by atoms with Crippen LogP contribution in [0, 0.1) is 6.92 Å². The molecule has 2 aromatic rings. The Kier molecular flexibility index (Phi) is 4.01. The third-order valence-electron chi connectivity index (χ3n) is 3.70. The minimum atomic E-state index is -0.0256. The summed E-state index contributed by atoms with van der Waals surface area (Å²) in [4.78, 5) is 22.4. The molecule has 1 saturated heterocycles. The van der Waals surface area contributed by atoms with Crippen molar-refractivity contribution in [2.24, 2.45) is 0 Å². The van der Waals surface area contributed by atoms with Gasteiger partial charge in [0, 0.05) is 30.8 Å². The van der Waals surface area contributed by atoms with E-state index in [1.165, 1.54) is 0 Å². The number of hydrogen-bond donors (Lipinski definition) is 2. The minimum Gasteiger partial charge on any atom is -0.497 e. The molecule has 1 aliphatic heterocycles. The van der Waals surface area contributed by atoms with Crippen LogP contribution in [-0.4, -0.2) is 35.6 Å². The van der Waals surface area contributed by atoms with Crippen LogP contribution in [0.5, 0.6) is 5.75 Å². The van der Waals surface area contributed by atoms with Gasteiger partial charge in [-0.25, -0.2) is 9.97 Å². The summed E-state index contributed by atoms with van der Waals surface area (Å²) < 4.78 is 5.21. The zero-order valence-corrected chi connectivity index (χ0v) is 13.1. The van der Waals surface area contributed by atoms with Crippen LogP contribution < -0.4 is 20.7 Å². The highest BCUT2D eigenvalue weighted by molar-refractivity contribution is 5.96. The van der Waals surface area contributed by atoms with E-state index in [-0.39, 0.29) is 11.9 Å². The molecule has 1 atom stereocenters. The van der Waals surface area contributed by atoms with Gasteiger partial charge in [0.1, 0.15) is 23.2 Å². The number of carbonyl (C=O) groups excluding carboxylic acids is 1. The summed E-state index contributed by atoms with van der Waals surface area (Å²) in [5, 5.41) is 3.26. The number of carbonyl (C=O) groups is 1. The van der Waals surface area contributed by atoms with Gasteiger partial charge in [-0.15, -0.1) is 0 Å². The fourth-order valence-corrected chi connectivity index (χ4v) is 2.71. The summed E-state index contributed by atoms with van der Waals surface area (Å²) in [5.41, 5.74) is 6.56. The third kappa shape index (κ3) is 3.33. The Morgan fingerprint density at radius 2 is 2.17 bits per heavy atom. The number of benzene rings is 1. The van der Waals surface area contributed by atoms with Crippen LogP contribution in [0.15, 0.2) is 30.3 Å². The first-order valence-corrected chi connectivity index (χ1v) is 7.37. The van der Waals surface area contributed by atoms with Crippen LogP contribution in [0.3, 0.4) is 0 Å². The highest BCUT2D eigenvalue weighted by Gasteiger charge is 2.31. The average molecular weight is 313 g/mol. The topological polar surface area (TPSA) is 93.4 Å². The van der Waals surface area contributed by atoms with Crippen LogP contribution in [0.4, 0.5) is 17.3 Å². The summed E-state index contributed by atoms with van der Waals surface area (Å²) in [7, 11) is 1.61. The van der Waals surface area contributed by atoms with Crippen molar-refractivity contribution in [1.29, 1.82) is 0 Å². The number of hydrogen-bond acceptors (Lipinski definition) is 6. The molecular formula is C16H19N5O2. The Morgan fingerprint density at radius 1 is 1.35 bits per heavy atom. The number of amides is 1. The first kappa shape index (κ1) is 15.1. The van der Waals surface area contributed by atoms with Gasteiger partial charge in [-0.05, 0) is 19.1 Å². The highest BCUT2D eigenvalue weighted by atomic mass is 16.5. The zero-order valence-electron chi connectivity index (χ0n) is 13.1. The SMILES string of the molecule is COc1cccc(N2CC(Nc3cc(N)nc(C)n3)CC2=O)c1. The molecule has 0 radical (unpaired) electrons. The molecule has 3 rings (SSSR count). The van der Waals surface area contributed by atoms with Gasteiger partial charge in [-0.3, -0.25) is 4.79 Å². The van der Waals surface area contributed by atoms with E-state index in [0.717, 1.165) is 11.4 Å². The number of nitrogens with one attached hydrogen (secondary N) is 1. The van der Waals surface area contributed by atoms with Gasteiger partial charge in [0.15, 0.2) is 0 Å². The van der Waals surface area contributed by atoms with Crippen molar-refractivity contribution < 1.29 is 9.53 Å². The number of ether oxygens (including phenoxy) is 1. The lowest BCUT2D eigenvalue weighted by Gasteiger charge is -2.18. The van der Waals surface area contributed by atoms with Crippen molar-refractivity contribution in [2.75, 3.05) is 29.6 Å². The number of nitrogens with two attached hydrogens (primary N) is 1. The number of aromatic nitrogens is 2. The van der Waals surface area contributed by atoms with E-state index in [0.29, 0.717) is 30.4 Å². The first-order chi connectivity index (χ1) is 11.0. The maximum atomic E-state index is 12.3. The second kappa shape index (κ2) is 6.12. The molecule has 7 nitrogen and oxygen atoms in total. The average Bonchev–Trinajstić information content (AvgIpc) is 2.86. The molecule has 1 unspecified atom stereocenters. The molecule has 7 heteroatoms. The van der Waals surface area contributed by atoms with E-state index in [2.05, 4.69) is 15.3 Å². The first-order valence-electron chi connectivity index (χ1n) is 7.37. The Balaban J connectivity index is 1.74. The zero-order chi connectivity index (χ0) is 16.4. The molecule has 120 valence electrons. The van der Waals surface area contributed by atoms with Crippen molar-refractivity contribution in [3.63, 3.8) is 0 Å². The Morgan fingerprint density at radius 3 is 2.91 bits per heavy atom. The number of rotatable bonds is 4. The van der Waals surface area contributed by atoms with Gasteiger partial charge in [0.25, 0.3) is 0 Å². The molecule has 1 amide bonds. The van der Waals surface area contributed by atoms with Crippen molar-refractivity contribution in [3.05, 3.63) is 36.2 Å². The van der Waals surface area contributed by atoms with E-state index in [4.69, 9.17) is 10.5 Å². The molecule has 0 spiro atoms. The number of nitrogen functional groups attached to an aromatic ring is 1. The van der Waals surface area contributed by atoms with Crippen LogP contribution in [-0.2, 0) is 4.79 Å². The molecule has 1 aromatic carbocycles. The predicted octanol–water partition coefficient (Wildman–Crippen LogP) is 1.59. The summed E-state index contributed by atoms with van der Waals surface area (Å²) in [6.45, 7) is 2.35. The van der Waals surface area contributed by atoms with Gasteiger partial charge in [-0.2, -0.15) is 0 Å². The molecule has 0 saturated carbocycles. The van der Waals surface area contributed by atoms with Crippen molar-refractivity contribution in [3.8, 4) is 5.75 Å². The lowest BCUT2D eigenvalue weighted by Crippen LogP contribution is -2.28. The second-order valence-electron chi connectivity index (χ2n) is 5.48. The smallest absolute Gasteiger partial charge is 0.229 e. The molecule has 1 fully saturated rings. The quantitative estimate of drug-likeness (QED) is 0.890. The van der Waals surface area contributed by atoms with Gasteiger partial charge < -0.3 is 20.7 Å². The standard InChI is InChI=1S/C16H19N5O2/c1-10-18-14(17)8-15(19-10)20-11-6-16(22)21(9-11)12-4-3-5-13(7-12)23-2/h3-5,7-8,11H,6,9H2,1-2H3,(H3,17,18,19,20). The maximum Gasteiger partial charge on any atom is 0.229 e. The lowest BCUT2D eigenvalue weighted by molar-refractivity contribution is -0.117. The van der Waals surface area contributed by atoms with Gasteiger partial charge in [-0.1, -0.05) is 6.07 Å². The Hall–Kier alpha value is -2.83. The van der Waals surface area contributed by atoms with E-state index < -0.39 is 0 Å². The fourth-order valence-electron chi connectivity index (χ4n) is 2.71. The van der Waals surface area contributed by atoms with Gasteiger partial charge in [0.05, 0.1) is 13.2 Å². The Bertz CT molecular complexity index is 714. The van der Waals surface area contributed by atoms with E-state index in [1.54, 1.807) is 25.0 Å². The van der Waals surface area contributed by atoms with Crippen LogP contribution in [0.2, 0.25) is 0 Å². The molecular weight excluding hydrogens is 294 g/mol. The normalized spacial score (nSPS) is 17.4. The molecule has 1 aliphatic rings. The van der Waals surface area contributed by atoms with Crippen molar-refractivity contribution in [2.45, 2.75) is 19.4 Å². The summed E-state index contributed by atoms with van der Waals surface area (Å²) >= 11 is 0. The van der Waals surface area contributed by atoms with E-state index in [1.807, 2.05) is 24.3 Å². The molecule has 3 N–H and O–H groups in total. The second-order valence-corrected chi connectivity index (χ2v) is 5.48. The number of anilines is 3. The number of nitrogens with zero attached hydrogens (tertiary/aromatic N) is 3. The van der Waals surface area contributed by atoms with Crippen molar-refractivity contribution >= 4 is 23.2 Å². The maximum absolute atomic E-state index is 12.3. The number of methoxy groups -OCH3 is 1. The largest absolute Gasteiger partial charge is 0.497 e. The molecule has 0 bridgehead atoms. The Labute approximate surface area is 134 Å². The molecule has 1 aromatic heterocycles.